The fourth-order valence-corrected chi connectivity index (χ4v) is 2.98. The molecule has 0 aromatic carbocycles. The third kappa shape index (κ3) is 2.43. The highest BCUT2D eigenvalue weighted by molar-refractivity contribution is 5.82. The highest BCUT2D eigenvalue weighted by Crippen LogP contribution is 2.37. The molecule has 0 aromatic heterocycles. The SMILES string of the molecule is CC[C@@H](NC(=O)N1CC2CCC(O)C2C1)C(=O)O. The van der Waals surface area contributed by atoms with Crippen molar-refractivity contribution >= 4 is 12.0 Å². The molecule has 6 heteroatoms. The van der Waals surface area contributed by atoms with E-state index < -0.39 is 12.0 Å². The molecular formula is C12H20N2O4. The minimum atomic E-state index is -1.01. The van der Waals surface area contributed by atoms with E-state index in [4.69, 9.17) is 5.11 Å². The average molecular weight is 256 g/mol. The second-order valence-electron chi connectivity index (χ2n) is 5.22. The van der Waals surface area contributed by atoms with Gasteiger partial charge in [-0.25, -0.2) is 9.59 Å². The van der Waals surface area contributed by atoms with Crippen LogP contribution >= 0.6 is 0 Å². The summed E-state index contributed by atoms with van der Waals surface area (Å²) in [6, 6.07) is -1.16. The summed E-state index contributed by atoms with van der Waals surface area (Å²) in [4.78, 5) is 24.4. The zero-order valence-corrected chi connectivity index (χ0v) is 10.5. The van der Waals surface area contributed by atoms with Gasteiger partial charge in [0.1, 0.15) is 6.04 Å². The van der Waals surface area contributed by atoms with Crippen molar-refractivity contribution in [2.75, 3.05) is 13.1 Å². The lowest BCUT2D eigenvalue weighted by Crippen LogP contribution is -2.47. The van der Waals surface area contributed by atoms with E-state index in [1.165, 1.54) is 0 Å². The average Bonchev–Trinajstić information content (AvgIpc) is 2.88. The maximum absolute atomic E-state index is 11.9. The molecule has 1 aliphatic heterocycles. The van der Waals surface area contributed by atoms with Gasteiger partial charge in [-0.3, -0.25) is 0 Å². The molecule has 2 amide bonds. The molecule has 0 spiro atoms. The lowest BCUT2D eigenvalue weighted by atomic mass is 10.00. The van der Waals surface area contributed by atoms with E-state index in [1.807, 2.05) is 0 Å². The van der Waals surface area contributed by atoms with Gasteiger partial charge in [0.15, 0.2) is 0 Å². The van der Waals surface area contributed by atoms with Crippen LogP contribution < -0.4 is 5.32 Å². The van der Waals surface area contributed by atoms with Crippen LogP contribution in [0.15, 0.2) is 0 Å². The van der Waals surface area contributed by atoms with E-state index in [9.17, 15) is 14.7 Å². The van der Waals surface area contributed by atoms with Crippen LogP contribution in [0.3, 0.4) is 0 Å². The Morgan fingerprint density at radius 3 is 2.67 bits per heavy atom. The number of hydrogen-bond donors (Lipinski definition) is 3. The van der Waals surface area contributed by atoms with Crippen molar-refractivity contribution in [3.05, 3.63) is 0 Å². The van der Waals surface area contributed by atoms with Gasteiger partial charge in [0.25, 0.3) is 0 Å². The van der Waals surface area contributed by atoms with Gasteiger partial charge in [0.05, 0.1) is 6.10 Å². The molecule has 0 bridgehead atoms. The van der Waals surface area contributed by atoms with Crippen LogP contribution in [0.1, 0.15) is 26.2 Å². The Labute approximate surface area is 106 Å². The molecule has 18 heavy (non-hydrogen) atoms. The number of aliphatic hydroxyl groups is 1. The second-order valence-corrected chi connectivity index (χ2v) is 5.22. The number of amides is 2. The van der Waals surface area contributed by atoms with Crippen molar-refractivity contribution < 1.29 is 19.8 Å². The van der Waals surface area contributed by atoms with Gasteiger partial charge in [-0.2, -0.15) is 0 Å². The summed E-state index contributed by atoms with van der Waals surface area (Å²) >= 11 is 0. The first-order valence-corrected chi connectivity index (χ1v) is 6.49. The number of likely N-dealkylation sites (tertiary alicyclic amines) is 1. The van der Waals surface area contributed by atoms with Gasteiger partial charge in [0.2, 0.25) is 0 Å². The molecule has 2 fully saturated rings. The minimum Gasteiger partial charge on any atom is -0.480 e. The lowest BCUT2D eigenvalue weighted by Gasteiger charge is -2.21. The molecule has 4 atom stereocenters. The van der Waals surface area contributed by atoms with Crippen molar-refractivity contribution in [3.63, 3.8) is 0 Å². The third-order valence-electron chi connectivity index (χ3n) is 4.11. The van der Waals surface area contributed by atoms with Gasteiger partial charge in [-0.15, -0.1) is 0 Å². The van der Waals surface area contributed by atoms with E-state index in [0.717, 1.165) is 12.8 Å². The number of carbonyl (C=O) groups excluding carboxylic acids is 1. The van der Waals surface area contributed by atoms with Crippen LogP contribution in [0.25, 0.3) is 0 Å². The number of rotatable bonds is 3. The van der Waals surface area contributed by atoms with Crippen LogP contribution in [0, 0.1) is 11.8 Å². The normalized spacial score (nSPS) is 32.1. The summed E-state index contributed by atoms with van der Waals surface area (Å²) in [6.07, 6.45) is 1.82. The molecule has 3 N–H and O–H groups in total. The Hall–Kier alpha value is -1.30. The standard InChI is InChI=1S/C12H20N2O4/c1-2-9(11(16)17)13-12(18)14-5-7-3-4-10(15)8(7)6-14/h7-10,15H,2-6H2,1H3,(H,13,18)(H,16,17)/t7?,8?,9-,10?/m1/s1. The topological polar surface area (TPSA) is 89.9 Å². The fraction of sp³-hybridized carbons (Fsp3) is 0.833. The first-order valence-electron chi connectivity index (χ1n) is 6.49. The number of carbonyl (C=O) groups is 2. The molecule has 3 unspecified atom stereocenters. The number of hydrogen-bond acceptors (Lipinski definition) is 3. The van der Waals surface area contributed by atoms with Crippen molar-refractivity contribution in [2.24, 2.45) is 11.8 Å². The summed E-state index contributed by atoms with van der Waals surface area (Å²) in [5, 5.41) is 21.2. The highest BCUT2D eigenvalue weighted by atomic mass is 16.4. The summed E-state index contributed by atoms with van der Waals surface area (Å²) < 4.78 is 0. The van der Waals surface area contributed by atoms with E-state index in [1.54, 1.807) is 11.8 Å². The molecule has 102 valence electrons. The molecule has 1 saturated heterocycles. The number of aliphatic hydroxyl groups excluding tert-OH is 1. The van der Waals surface area contributed by atoms with Crippen molar-refractivity contribution in [2.45, 2.75) is 38.3 Å². The van der Waals surface area contributed by atoms with E-state index in [-0.39, 0.29) is 18.1 Å². The molecule has 2 aliphatic rings. The van der Waals surface area contributed by atoms with Crippen LogP contribution in [0.4, 0.5) is 4.79 Å². The van der Waals surface area contributed by atoms with Crippen molar-refractivity contribution in [1.29, 1.82) is 0 Å². The second kappa shape index (κ2) is 5.14. The van der Waals surface area contributed by atoms with Crippen LogP contribution in [0.5, 0.6) is 0 Å². The van der Waals surface area contributed by atoms with Crippen LogP contribution in [0.2, 0.25) is 0 Å². The Bertz CT molecular complexity index is 347. The predicted molar refractivity (Wildman–Crippen MR) is 64.0 cm³/mol. The number of nitrogens with one attached hydrogen (secondary N) is 1. The van der Waals surface area contributed by atoms with Crippen molar-refractivity contribution in [1.82, 2.24) is 10.2 Å². The van der Waals surface area contributed by atoms with Crippen LogP contribution in [-0.2, 0) is 4.79 Å². The first-order chi connectivity index (χ1) is 8.52. The fourth-order valence-electron chi connectivity index (χ4n) is 2.98. The predicted octanol–water partition coefficient (Wildman–Crippen LogP) is 0.262. The molecule has 1 aliphatic carbocycles. The number of fused-ring (bicyclic) bond motifs is 1. The molecule has 6 nitrogen and oxygen atoms in total. The van der Waals surface area contributed by atoms with Gasteiger partial charge < -0.3 is 20.4 Å². The zero-order valence-electron chi connectivity index (χ0n) is 10.5. The molecule has 1 heterocycles. The number of urea groups is 1. The summed E-state index contributed by atoms with van der Waals surface area (Å²) in [7, 11) is 0. The third-order valence-corrected chi connectivity index (χ3v) is 4.11. The summed E-state index contributed by atoms with van der Waals surface area (Å²) in [5.74, 6) is -0.471. The largest absolute Gasteiger partial charge is 0.480 e. The smallest absolute Gasteiger partial charge is 0.326 e. The highest BCUT2D eigenvalue weighted by Gasteiger charge is 2.43. The van der Waals surface area contributed by atoms with E-state index >= 15 is 0 Å². The maximum Gasteiger partial charge on any atom is 0.326 e. The Kier molecular flexibility index (Phi) is 3.75. The number of carboxylic acid groups (broad SMARTS) is 1. The quantitative estimate of drug-likeness (QED) is 0.675. The van der Waals surface area contributed by atoms with Crippen LogP contribution in [-0.4, -0.2) is 52.3 Å². The minimum absolute atomic E-state index is 0.167. The Balaban J connectivity index is 1.90. The number of carboxylic acids is 1. The molecule has 0 aromatic rings. The van der Waals surface area contributed by atoms with E-state index in [0.29, 0.717) is 25.4 Å². The zero-order chi connectivity index (χ0) is 13.3. The van der Waals surface area contributed by atoms with Gasteiger partial charge in [-0.1, -0.05) is 6.92 Å². The van der Waals surface area contributed by atoms with Gasteiger partial charge >= 0.3 is 12.0 Å². The van der Waals surface area contributed by atoms with Crippen molar-refractivity contribution in [3.8, 4) is 0 Å². The monoisotopic (exact) mass is 256 g/mol. The van der Waals surface area contributed by atoms with E-state index in [2.05, 4.69) is 5.32 Å². The summed E-state index contributed by atoms with van der Waals surface area (Å²) in [6.45, 7) is 2.89. The molecule has 1 saturated carbocycles. The molecular weight excluding hydrogens is 236 g/mol. The van der Waals surface area contributed by atoms with Gasteiger partial charge in [0, 0.05) is 19.0 Å². The number of nitrogens with zero attached hydrogens (tertiary/aromatic N) is 1. The lowest BCUT2D eigenvalue weighted by molar-refractivity contribution is -0.139. The Morgan fingerprint density at radius 2 is 2.11 bits per heavy atom. The number of aliphatic carboxylic acids is 1. The van der Waals surface area contributed by atoms with Gasteiger partial charge in [-0.05, 0) is 25.2 Å². The maximum atomic E-state index is 11.9. The summed E-state index contributed by atoms with van der Waals surface area (Å²) in [5.41, 5.74) is 0. The Morgan fingerprint density at radius 1 is 1.39 bits per heavy atom. The first kappa shape index (κ1) is 13.1. The molecule has 2 rings (SSSR count). The molecule has 0 radical (unpaired) electrons.